The van der Waals surface area contributed by atoms with Crippen LogP contribution in [0.1, 0.15) is 10.6 Å². The van der Waals surface area contributed by atoms with E-state index in [9.17, 15) is 0 Å². The number of benzene rings is 1. The lowest BCUT2D eigenvalue weighted by molar-refractivity contribution is 0.310. The molecule has 4 heteroatoms. The quantitative estimate of drug-likeness (QED) is 0.723. The number of nitrogens with zero attached hydrogens (tertiary/aromatic N) is 2. The predicted octanol–water partition coefficient (Wildman–Crippen LogP) is 4.09. The first-order valence-electron chi connectivity index (χ1n) is 6.37. The lowest BCUT2D eigenvalue weighted by Crippen LogP contribution is -1.93. The zero-order valence-corrected chi connectivity index (χ0v) is 11.9. The van der Waals surface area contributed by atoms with E-state index in [0.29, 0.717) is 6.61 Å². The second-order valence-corrected chi connectivity index (χ2v) is 5.38. The average molecular weight is 282 g/mol. The van der Waals surface area contributed by atoms with E-state index in [1.807, 2.05) is 37.3 Å². The molecule has 100 valence electrons. The van der Waals surface area contributed by atoms with Crippen molar-refractivity contribution in [1.29, 1.82) is 0 Å². The number of aromatic nitrogens is 2. The minimum atomic E-state index is 0.561. The van der Waals surface area contributed by atoms with E-state index in [1.54, 1.807) is 12.4 Å². The highest BCUT2D eigenvalue weighted by Crippen LogP contribution is 2.24. The van der Waals surface area contributed by atoms with Gasteiger partial charge in [0.05, 0.1) is 10.6 Å². The van der Waals surface area contributed by atoms with Crippen molar-refractivity contribution >= 4 is 11.5 Å². The second kappa shape index (κ2) is 5.84. The van der Waals surface area contributed by atoms with E-state index >= 15 is 0 Å². The fraction of sp³-hybridized carbons (Fsp3) is 0.125. The van der Waals surface area contributed by atoms with Crippen LogP contribution in [0.2, 0.25) is 0 Å². The summed E-state index contributed by atoms with van der Waals surface area (Å²) >= 11 is 1.49. The third kappa shape index (κ3) is 3.03. The number of rotatable bonds is 4. The van der Waals surface area contributed by atoms with Gasteiger partial charge in [-0.2, -0.15) is 4.37 Å². The van der Waals surface area contributed by atoms with Gasteiger partial charge in [0.1, 0.15) is 12.4 Å². The highest BCUT2D eigenvalue weighted by molar-refractivity contribution is 7.05. The fourth-order valence-electron chi connectivity index (χ4n) is 1.95. The smallest absolute Gasteiger partial charge is 0.124 e. The van der Waals surface area contributed by atoms with Crippen LogP contribution >= 0.6 is 11.5 Å². The lowest BCUT2D eigenvalue weighted by atomic mass is 10.1. The maximum absolute atomic E-state index is 5.82. The van der Waals surface area contributed by atoms with Crippen molar-refractivity contribution in [2.24, 2.45) is 0 Å². The Morgan fingerprint density at radius 1 is 1.05 bits per heavy atom. The van der Waals surface area contributed by atoms with Crippen LogP contribution in [0.5, 0.6) is 5.75 Å². The molecule has 2 heterocycles. The van der Waals surface area contributed by atoms with Crippen LogP contribution in [0.15, 0.2) is 54.9 Å². The molecule has 0 saturated carbocycles. The summed E-state index contributed by atoms with van der Waals surface area (Å²) in [4.78, 5) is 5.17. The summed E-state index contributed by atoms with van der Waals surface area (Å²) in [6.07, 6.45) is 3.59. The van der Waals surface area contributed by atoms with Crippen molar-refractivity contribution in [2.75, 3.05) is 0 Å². The van der Waals surface area contributed by atoms with E-state index in [0.717, 1.165) is 27.4 Å². The van der Waals surface area contributed by atoms with Gasteiger partial charge in [-0.1, -0.05) is 12.1 Å². The van der Waals surface area contributed by atoms with Crippen LogP contribution in [0.25, 0.3) is 11.1 Å². The van der Waals surface area contributed by atoms with E-state index in [2.05, 4.69) is 21.5 Å². The molecule has 0 fully saturated rings. The average Bonchev–Trinajstić information content (AvgIpc) is 2.92. The molecule has 1 aromatic carbocycles. The van der Waals surface area contributed by atoms with Gasteiger partial charge in [-0.3, -0.25) is 4.98 Å². The molecule has 0 atom stereocenters. The van der Waals surface area contributed by atoms with Crippen molar-refractivity contribution < 1.29 is 4.74 Å². The van der Waals surface area contributed by atoms with Crippen LogP contribution in [-0.4, -0.2) is 9.36 Å². The van der Waals surface area contributed by atoms with Crippen molar-refractivity contribution in [1.82, 2.24) is 9.36 Å². The van der Waals surface area contributed by atoms with Gasteiger partial charge in [0.2, 0.25) is 0 Å². The molecule has 0 aliphatic heterocycles. The Kier molecular flexibility index (Phi) is 3.74. The van der Waals surface area contributed by atoms with Gasteiger partial charge in [-0.25, -0.2) is 0 Å². The van der Waals surface area contributed by atoms with E-state index in [1.165, 1.54) is 11.5 Å². The zero-order chi connectivity index (χ0) is 13.8. The normalized spacial score (nSPS) is 10.4. The molecule has 20 heavy (non-hydrogen) atoms. The number of hydrogen-bond acceptors (Lipinski definition) is 4. The Morgan fingerprint density at radius 3 is 2.65 bits per heavy atom. The standard InChI is InChI=1S/C16H14N2OS/c1-12-9-16(20-18-12)11-19-15-4-2-3-14(10-15)13-5-7-17-8-6-13/h2-10H,11H2,1H3. The molecular weight excluding hydrogens is 268 g/mol. The molecule has 3 aromatic rings. The third-order valence-corrected chi connectivity index (χ3v) is 3.76. The molecule has 3 rings (SSSR count). The topological polar surface area (TPSA) is 35.0 Å². The first-order valence-corrected chi connectivity index (χ1v) is 7.14. The maximum atomic E-state index is 5.82. The van der Waals surface area contributed by atoms with E-state index in [4.69, 9.17) is 4.74 Å². The Balaban J connectivity index is 1.75. The highest BCUT2D eigenvalue weighted by Gasteiger charge is 2.02. The highest BCUT2D eigenvalue weighted by atomic mass is 32.1. The summed E-state index contributed by atoms with van der Waals surface area (Å²) in [7, 11) is 0. The van der Waals surface area contributed by atoms with Gasteiger partial charge in [-0.05, 0) is 59.9 Å². The molecule has 0 aliphatic rings. The molecule has 0 saturated heterocycles. The molecule has 3 nitrogen and oxygen atoms in total. The van der Waals surface area contributed by atoms with Gasteiger partial charge in [0.15, 0.2) is 0 Å². The summed E-state index contributed by atoms with van der Waals surface area (Å²) in [5.74, 6) is 0.866. The van der Waals surface area contributed by atoms with E-state index < -0.39 is 0 Å². The minimum Gasteiger partial charge on any atom is -0.488 e. The Morgan fingerprint density at radius 2 is 1.90 bits per heavy atom. The maximum Gasteiger partial charge on any atom is 0.124 e. The number of pyridine rings is 1. The molecule has 0 bridgehead atoms. The summed E-state index contributed by atoms with van der Waals surface area (Å²) in [6.45, 7) is 2.55. The van der Waals surface area contributed by atoms with Crippen molar-refractivity contribution in [3.8, 4) is 16.9 Å². The summed E-state index contributed by atoms with van der Waals surface area (Å²) < 4.78 is 10.1. The van der Waals surface area contributed by atoms with Crippen molar-refractivity contribution in [2.45, 2.75) is 13.5 Å². The van der Waals surface area contributed by atoms with Crippen molar-refractivity contribution in [3.63, 3.8) is 0 Å². The molecule has 2 aromatic heterocycles. The molecule has 0 amide bonds. The minimum absolute atomic E-state index is 0.561. The first kappa shape index (κ1) is 12.8. The molecule has 0 aliphatic carbocycles. The van der Waals surface area contributed by atoms with Crippen LogP contribution in [0.4, 0.5) is 0 Å². The summed E-state index contributed by atoms with van der Waals surface area (Å²) in [5, 5.41) is 0. The largest absolute Gasteiger partial charge is 0.488 e. The van der Waals surface area contributed by atoms with Crippen LogP contribution in [0, 0.1) is 6.92 Å². The Bertz CT molecular complexity index is 694. The van der Waals surface area contributed by atoms with E-state index in [-0.39, 0.29) is 0 Å². The Hall–Kier alpha value is -2.20. The number of ether oxygens (including phenoxy) is 1. The van der Waals surface area contributed by atoms with Gasteiger partial charge in [0.25, 0.3) is 0 Å². The SMILES string of the molecule is Cc1cc(COc2cccc(-c3ccncc3)c2)sn1. The van der Waals surface area contributed by atoms with Crippen LogP contribution in [0.3, 0.4) is 0 Å². The number of hydrogen-bond donors (Lipinski definition) is 0. The lowest BCUT2D eigenvalue weighted by Gasteiger charge is -2.07. The van der Waals surface area contributed by atoms with Crippen LogP contribution < -0.4 is 4.74 Å². The monoisotopic (exact) mass is 282 g/mol. The molecule has 0 spiro atoms. The summed E-state index contributed by atoms with van der Waals surface area (Å²) in [6, 6.07) is 14.1. The fourth-order valence-corrected chi connectivity index (χ4v) is 2.60. The number of aryl methyl sites for hydroxylation is 1. The van der Waals surface area contributed by atoms with Gasteiger partial charge < -0.3 is 4.74 Å². The van der Waals surface area contributed by atoms with Gasteiger partial charge in [-0.15, -0.1) is 0 Å². The molecular formula is C16H14N2OS. The first-order chi connectivity index (χ1) is 9.81. The van der Waals surface area contributed by atoms with Gasteiger partial charge >= 0.3 is 0 Å². The zero-order valence-electron chi connectivity index (χ0n) is 11.1. The van der Waals surface area contributed by atoms with Crippen LogP contribution in [-0.2, 0) is 6.61 Å². The molecule has 0 N–H and O–H groups in total. The Labute approximate surface area is 122 Å². The second-order valence-electron chi connectivity index (χ2n) is 4.49. The molecule has 0 radical (unpaired) electrons. The summed E-state index contributed by atoms with van der Waals surface area (Å²) in [5.41, 5.74) is 3.31. The van der Waals surface area contributed by atoms with Gasteiger partial charge in [0, 0.05) is 12.4 Å². The molecule has 0 unspecified atom stereocenters. The van der Waals surface area contributed by atoms with Crippen molar-refractivity contribution in [3.05, 3.63) is 65.4 Å². The third-order valence-electron chi connectivity index (χ3n) is 2.91. The predicted molar refractivity (Wildman–Crippen MR) is 80.9 cm³/mol.